The molecule has 1 aromatic heterocycles. The van der Waals surface area contributed by atoms with E-state index >= 15 is 0 Å². The molecule has 4 heteroatoms. The molecule has 13 heavy (non-hydrogen) atoms. The highest BCUT2D eigenvalue weighted by Crippen LogP contribution is 2.39. The van der Waals surface area contributed by atoms with E-state index in [4.69, 9.17) is 4.52 Å². The summed E-state index contributed by atoms with van der Waals surface area (Å²) in [6, 6.07) is 0. The molecule has 0 saturated heterocycles. The van der Waals surface area contributed by atoms with Gasteiger partial charge in [-0.25, -0.2) is 0 Å². The SMILES string of the molecule is CC(C)C(Br)c1nc(C2CC2)no1. The molecule has 3 nitrogen and oxygen atoms in total. The first-order chi connectivity index (χ1) is 6.18. The third-order valence-corrected chi connectivity index (χ3v) is 3.67. The first-order valence-corrected chi connectivity index (χ1v) is 5.57. The van der Waals surface area contributed by atoms with Crippen molar-refractivity contribution >= 4 is 15.9 Å². The van der Waals surface area contributed by atoms with Crippen LogP contribution >= 0.6 is 15.9 Å². The van der Waals surface area contributed by atoms with Crippen molar-refractivity contribution in [2.45, 2.75) is 37.4 Å². The summed E-state index contributed by atoms with van der Waals surface area (Å²) < 4.78 is 5.18. The van der Waals surface area contributed by atoms with E-state index in [2.05, 4.69) is 39.9 Å². The fourth-order valence-corrected chi connectivity index (χ4v) is 1.34. The van der Waals surface area contributed by atoms with Gasteiger partial charge in [0.15, 0.2) is 5.82 Å². The summed E-state index contributed by atoms with van der Waals surface area (Å²) in [6.45, 7) is 4.25. The van der Waals surface area contributed by atoms with Crippen LogP contribution in [0.5, 0.6) is 0 Å². The Balaban J connectivity index is 2.11. The summed E-state index contributed by atoms with van der Waals surface area (Å²) in [5.41, 5.74) is 0. The number of aromatic nitrogens is 2. The second-order valence-corrected chi connectivity index (χ2v) is 4.90. The van der Waals surface area contributed by atoms with Crippen LogP contribution in [0.3, 0.4) is 0 Å². The lowest BCUT2D eigenvalue weighted by molar-refractivity contribution is 0.357. The fraction of sp³-hybridized carbons (Fsp3) is 0.778. The predicted molar refractivity (Wildman–Crippen MR) is 52.8 cm³/mol. The maximum Gasteiger partial charge on any atom is 0.240 e. The number of halogens is 1. The molecular weight excluding hydrogens is 232 g/mol. The Hall–Kier alpha value is -0.380. The van der Waals surface area contributed by atoms with Gasteiger partial charge in [-0.1, -0.05) is 34.9 Å². The van der Waals surface area contributed by atoms with Gasteiger partial charge in [-0.05, 0) is 18.8 Å². The Morgan fingerprint density at radius 1 is 1.46 bits per heavy atom. The molecule has 1 atom stereocenters. The van der Waals surface area contributed by atoms with Crippen LogP contribution in [0.15, 0.2) is 4.52 Å². The summed E-state index contributed by atoms with van der Waals surface area (Å²) in [4.78, 5) is 4.56. The molecule has 0 spiro atoms. The van der Waals surface area contributed by atoms with Crippen molar-refractivity contribution < 1.29 is 4.52 Å². The zero-order valence-electron chi connectivity index (χ0n) is 7.83. The van der Waals surface area contributed by atoms with E-state index in [0.717, 1.165) is 11.7 Å². The number of hydrogen-bond donors (Lipinski definition) is 0. The van der Waals surface area contributed by atoms with Gasteiger partial charge in [-0.3, -0.25) is 0 Å². The third kappa shape index (κ3) is 1.93. The molecule has 0 aromatic carbocycles. The van der Waals surface area contributed by atoms with Crippen molar-refractivity contribution in [3.05, 3.63) is 11.7 Å². The van der Waals surface area contributed by atoms with Crippen LogP contribution in [0.4, 0.5) is 0 Å². The van der Waals surface area contributed by atoms with Crippen LogP contribution < -0.4 is 0 Å². The molecule has 1 unspecified atom stereocenters. The lowest BCUT2D eigenvalue weighted by Crippen LogP contribution is -1.98. The Bertz CT molecular complexity index is 294. The van der Waals surface area contributed by atoms with E-state index < -0.39 is 0 Å². The highest BCUT2D eigenvalue weighted by atomic mass is 79.9. The first-order valence-electron chi connectivity index (χ1n) is 4.66. The van der Waals surface area contributed by atoms with Gasteiger partial charge in [0.05, 0.1) is 4.83 Å². The fourth-order valence-electron chi connectivity index (χ4n) is 1.15. The van der Waals surface area contributed by atoms with Crippen molar-refractivity contribution in [3.63, 3.8) is 0 Å². The normalized spacial score (nSPS) is 19.4. The predicted octanol–water partition coefficient (Wildman–Crippen LogP) is 3.04. The maximum absolute atomic E-state index is 5.18. The number of nitrogens with zero attached hydrogens (tertiary/aromatic N) is 2. The van der Waals surface area contributed by atoms with Crippen molar-refractivity contribution in [3.8, 4) is 0 Å². The van der Waals surface area contributed by atoms with E-state index in [1.165, 1.54) is 12.8 Å². The Kier molecular flexibility index (Phi) is 2.41. The van der Waals surface area contributed by atoms with Crippen LogP contribution in [0, 0.1) is 5.92 Å². The van der Waals surface area contributed by atoms with E-state index in [1.807, 2.05) is 0 Å². The Morgan fingerprint density at radius 2 is 2.15 bits per heavy atom. The van der Waals surface area contributed by atoms with E-state index in [0.29, 0.717) is 11.8 Å². The molecule has 0 bridgehead atoms. The summed E-state index contributed by atoms with van der Waals surface area (Å²) in [5.74, 6) is 2.66. The van der Waals surface area contributed by atoms with Crippen LogP contribution in [0.1, 0.15) is 49.1 Å². The summed E-state index contributed by atoms with van der Waals surface area (Å²) in [6.07, 6.45) is 2.43. The van der Waals surface area contributed by atoms with E-state index in [1.54, 1.807) is 0 Å². The quantitative estimate of drug-likeness (QED) is 0.768. The topological polar surface area (TPSA) is 38.9 Å². The average molecular weight is 245 g/mol. The zero-order valence-corrected chi connectivity index (χ0v) is 9.41. The van der Waals surface area contributed by atoms with Gasteiger partial charge in [0.25, 0.3) is 0 Å². The van der Waals surface area contributed by atoms with Gasteiger partial charge in [-0.2, -0.15) is 4.98 Å². The van der Waals surface area contributed by atoms with Gasteiger partial charge in [0.1, 0.15) is 0 Å². The van der Waals surface area contributed by atoms with Crippen molar-refractivity contribution in [2.75, 3.05) is 0 Å². The minimum Gasteiger partial charge on any atom is -0.338 e. The molecule has 1 fully saturated rings. The minimum absolute atomic E-state index is 0.187. The number of alkyl halides is 1. The molecule has 0 aliphatic heterocycles. The van der Waals surface area contributed by atoms with Crippen molar-refractivity contribution in [1.29, 1.82) is 0 Å². The second-order valence-electron chi connectivity index (χ2n) is 3.91. The molecule has 2 rings (SSSR count). The highest BCUT2D eigenvalue weighted by Gasteiger charge is 2.30. The van der Waals surface area contributed by atoms with Crippen LogP contribution in [0.25, 0.3) is 0 Å². The van der Waals surface area contributed by atoms with Crippen molar-refractivity contribution in [2.24, 2.45) is 5.92 Å². The number of hydrogen-bond acceptors (Lipinski definition) is 3. The van der Waals surface area contributed by atoms with Crippen LogP contribution in [-0.4, -0.2) is 10.1 Å². The van der Waals surface area contributed by atoms with Crippen LogP contribution in [0.2, 0.25) is 0 Å². The van der Waals surface area contributed by atoms with Gasteiger partial charge in [-0.15, -0.1) is 0 Å². The number of rotatable bonds is 3. The maximum atomic E-state index is 5.18. The molecule has 0 amide bonds. The molecule has 1 aromatic rings. The van der Waals surface area contributed by atoms with Gasteiger partial charge >= 0.3 is 0 Å². The molecule has 1 aliphatic carbocycles. The van der Waals surface area contributed by atoms with Gasteiger partial charge < -0.3 is 4.52 Å². The smallest absolute Gasteiger partial charge is 0.240 e. The standard InChI is InChI=1S/C9H13BrN2O/c1-5(2)7(10)9-11-8(12-13-9)6-3-4-6/h5-7H,3-4H2,1-2H3. The van der Waals surface area contributed by atoms with Crippen molar-refractivity contribution in [1.82, 2.24) is 10.1 Å². The molecule has 1 aliphatic rings. The second kappa shape index (κ2) is 3.40. The van der Waals surface area contributed by atoms with E-state index in [9.17, 15) is 0 Å². The monoisotopic (exact) mass is 244 g/mol. The third-order valence-electron chi connectivity index (χ3n) is 2.22. The Morgan fingerprint density at radius 3 is 2.69 bits per heavy atom. The first kappa shape index (κ1) is 9.19. The summed E-state index contributed by atoms with van der Waals surface area (Å²) in [5, 5.41) is 3.97. The molecule has 0 radical (unpaired) electrons. The highest BCUT2D eigenvalue weighted by molar-refractivity contribution is 9.09. The Labute approximate surface area is 86.0 Å². The van der Waals surface area contributed by atoms with E-state index in [-0.39, 0.29) is 4.83 Å². The van der Waals surface area contributed by atoms with Crippen LogP contribution in [-0.2, 0) is 0 Å². The zero-order chi connectivity index (χ0) is 9.42. The molecule has 0 N–H and O–H groups in total. The average Bonchev–Trinajstić information content (AvgIpc) is 2.83. The lowest BCUT2D eigenvalue weighted by Gasteiger charge is -2.06. The lowest BCUT2D eigenvalue weighted by atomic mass is 10.1. The summed E-state index contributed by atoms with van der Waals surface area (Å²) >= 11 is 3.54. The minimum atomic E-state index is 0.187. The summed E-state index contributed by atoms with van der Waals surface area (Å²) in [7, 11) is 0. The van der Waals surface area contributed by atoms with Gasteiger partial charge in [0, 0.05) is 5.92 Å². The molecule has 1 saturated carbocycles. The molecular formula is C9H13BrN2O. The molecule has 72 valence electrons. The molecule has 1 heterocycles. The largest absolute Gasteiger partial charge is 0.338 e. The van der Waals surface area contributed by atoms with Gasteiger partial charge in [0.2, 0.25) is 5.89 Å².